The van der Waals surface area contributed by atoms with E-state index >= 15 is 0 Å². The first-order valence-corrected chi connectivity index (χ1v) is 6.91. The molecule has 2 aromatic rings. The van der Waals surface area contributed by atoms with E-state index in [4.69, 9.17) is 0 Å². The Morgan fingerprint density at radius 1 is 1.32 bits per heavy atom. The zero-order valence-electron chi connectivity index (χ0n) is 12.7. The molecule has 2 N–H and O–H groups in total. The summed E-state index contributed by atoms with van der Waals surface area (Å²) in [6, 6.07) is 8.40. The first-order valence-electron chi connectivity index (χ1n) is 6.91. The second-order valence-electron chi connectivity index (χ2n) is 4.73. The fraction of sp³-hybridized carbons (Fsp3) is 0.333. The molecule has 1 aromatic heterocycles. The SMILES string of the molecule is CCNC(=NCc1ccn[nH]1)N(C)Cc1ccc(F)cc1.I. The van der Waals surface area contributed by atoms with Gasteiger partial charge in [-0.05, 0) is 30.7 Å². The van der Waals surface area contributed by atoms with Gasteiger partial charge >= 0.3 is 0 Å². The van der Waals surface area contributed by atoms with Crippen molar-refractivity contribution in [2.75, 3.05) is 13.6 Å². The average Bonchev–Trinajstić information content (AvgIpc) is 2.99. The fourth-order valence-electron chi connectivity index (χ4n) is 1.94. The number of aromatic amines is 1. The molecule has 0 amide bonds. The molecule has 5 nitrogen and oxygen atoms in total. The van der Waals surface area contributed by atoms with Crippen molar-refractivity contribution in [3.8, 4) is 0 Å². The lowest BCUT2D eigenvalue weighted by Gasteiger charge is -2.22. The monoisotopic (exact) mass is 417 g/mol. The highest BCUT2D eigenvalue weighted by Crippen LogP contribution is 2.06. The van der Waals surface area contributed by atoms with Crippen molar-refractivity contribution < 1.29 is 4.39 Å². The predicted molar refractivity (Wildman–Crippen MR) is 96.7 cm³/mol. The minimum Gasteiger partial charge on any atom is -0.357 e. The largest absolute Gasteiger partial charge is 0.357 e. The van der Waals surface area contributed by atoms with Crippen LogP contribution in [0.25, 0.3) is 0 Å². The van der Waals surface area contributed by atoms with Crippen LogP contribution in [0.1, 0.15) is 18.2 Å². The van der Waals surface area contributed by atoms with Gasteiger partial charge in [0.2, 0.25) is 0 Å². The summed E-state index contributed by atoms with van der Waals surface area (Å²) in [6.45, 7) is 4.01. The first-order chi connectivity index (χ1) is 10.2. The maximum atomic E-state index is 12.9. The lowest BCUT2D eigenvalue weighted by atomic mass is 10.2. The highest BCUT2D eigenvalue weighted by molar-refractivity contribution is 14.0. The number of guanidine groups is 1. The van der Waals surface area contributed by atoms with Crippen LogP contribution in [0.5, 0.6) is 0 Å². The summed E-state index contributed by atoms with van der Waals surface area (Å²) in [5.41, 5.74) is 1.99. The first kappa shape index (κ1) is 18.4. The third kappa shape index (κ3) is 5.63. The van der Waals surface area contributed by atoms with Gasteiger partial charge in [-0.3, -0.25) is 5.10 Å². The quantitative estimate of drug-likeness (QED) is 0.447. The number of hydrogen-bond donors (Lipinski definition) is 2. The van der Waals surface area contributed by atoms with Gasteiger partial charge in [-0.25, -0.2) is 9.38 Å². The molecule has 0 fully saturated rings. The minimum atomic E-state index is -0.221. The molecule has 1 aromatic carbocycles. The van der Waals surface area contributed by atoms with Crippen LogP contribution in [-0.4, -0.2) is 34.6 Å². The van der Waals surface area contributed by atoms with Crippen molar-refractivity contribution in [1.82, 2.24) is 20.4 Å². The summed E-state index contributed by atoms with van der Waals surface area (Å²) in [5.74, 6) is 0.581. The summed E-state index contributed by atoms with van der Waals surface area (Å²) in [6.07, 6.45) is 1.71. The van der Waals surface area contributed by atoms with Crippen molar-refractivity contribution in [3.05, 3.63) is 53.6 Å². The van der Waals surface area contributed by atoms with Gasteiger partial charge in [-0.2, -0.15) is 5.10 Å². The van der Waals surface area contributed by atoms with Crippen LogP contribution in [0.15, 0.2) is 41.5 Å². The molecule has 7 heteroatoms. The zero-order chi connectivity index (χ0) is 15.1. The second kappa shape index (κ2) is 9.39. The normalized spacial score (nSPS) is 11.0. The number of rotatable bonds is 5. The molecule has 0 radical (unpaired) electrons. The third-order valence-electron chi connectivity index (χ3n) is 2.99. The Morgan fingerprint density at radius 3 is 2.64 bits per heavy atom. The molecule has 0 aliphatic heterocycles. The summed E-state index contributed by atoms with van der Waals surface area (Å²) in [7, 11) is 1.96. The molecule has 0 saturated heterocycles. The number of aromatic nitrogens is 2. The molecule has 0 aliphatic carbocycles. The van der Waals surface area contributed by atoms with Gasteiger partial charge in [0.15, 0.2) is 5.96 Å². The molecular weight excluding hydrogens is 396 g/mol. The van der Waals surface area contributed by atoms with Crippen LogP contribution in [0.4, 0.5) is 4.39 Å². The van der Waals surface area contributed by atoms with E-state index in [0.717, 1.165) is 23.8 Å². The number of halogens is 2. The lowest BCUT2D eigenvalue weighted by Crippen LogP contribution is -2.38. The minimum absolute atomic E-state index is 0. The van der Waals surface area contributed by atoms with Crippen molar-refractivity contribution in [2.45, 2.75) is 20.0 Å². The number of hydrogen-bond acceptors (Lipinski definition) is 2. The Bertz CT molecular complexity index is 568. The molecule has 22 heavy (non-hydrogen) atoms. The van der Waals surface area contributed by atoms with Crippen LogP contribution < -0.4 is 5.32 Å². The molecule has 0 unspecified atom stereocenters. The molecule has 0 bridgehead atoms. The summed E-state index contributed by atoms with van der Waals surface area (Å²) in [5, 5.41) is 10.0. The standard InChI is InChI=1S/C15H20FN5.HI/c1-3-17-15(18-10-14-8-9-19-20-14)21(2)11-12-4-6-13(16)7-5-12;/h4-9H,3,10-11H2,1-2H3,(H,17,18)(H,19,20);1H. The van der Waals surface area contributed by atoms with Gasteiger partial charge in [0, 0.05) is 26.3 Å². The van der Waals surface area contributed by atoms with Gasteiger partial charge in [0.1, 0.15) is 5.82 Å². The van der Waals surface area contributed by atoms with Gasteiger partial charge in [0.25, 0.3) is 0 Å². The highest BCUT2D eigenvalue weighted by Gasteiger charge is 2.06. The van der Waals surface area contributed by atoms with Crippen LogP contribution >= 0.6 is 24.0 Å². The summed E-state index contributed by atoms with van der Waals surface area (Å²) < 4.78 is 12.9. The Balaban J connectivity index is 0.00000242. The van der Waals surface area contributed by atoms with Gasteiger partial charge in [0.05, 0.1) is 12.2 Å². The van der Waals surface area contributed by atoms with Crippen LogP contribution in [0, 0.1) is 5.82 Å². The third-order valence-corrected chi connectivity index (χ3v) is 2.99. The molecule has 0 aliphatic rings. The average molecular weight is 417 g/mol. The Morgan fingerprint density at radius 2 is 2.05 bits per heavy atom. The van der Waals surface area contributed by atoms with Gasteiger partial charge in [-0.1, -0.05) is 12.1 Å². The second-order valence-corrected chi connectivity index (χ2v) is 4.73. The maximum absolute atomic E-state index is 12.9. The summed E-state index contributed by atoms with van der Waals surface area (Å²) >= 11 is 0. The van der Waals surface area contributed by atoms with Crippen molar-refractivity contribution in [3.63, 3.8) is 0 Å². The maximum Gasteiger partial charge on any atom is 0.194 e. The Hall–Kier alpha value is -1.64. The number of nitrogens with one attached hydrogen (secondary N) is 2. The molecule has 0 spiro atoms. The Kier molecular flexibility index (Phi) is 7.86. The molecular formula is C15H21FIN5. The van der Waals surface area contributed by atoms with E-state index < -0.39 is 0 Å². The number of aliphatic imine (C=N–C) groups is 1. The van der Waals surface area contributed by atoms with Gasteiger partial charge in [-0.15, -0.1) is 24.0 Å². The van der Waals surface area contributed by atoms with E-state index in [2.05, 4.69) is 20.5 Å². The number of nitrogens with zero attached hydrogens (tertiary/aromatic N) is 3. The highest BCUT2D eigenvalue weighted by atomic mass is 127. The van der Waals surface area contributed by atoms with Crippen LogP contribution in [0.3, 0.4) is 0 Å². The molecule has 2 rings (SSSR count). The van der Waals surface area contributed by atoms with Crippen molar-refractivity contribution in [1.29, 1.82) is 0 Å². The van der Waals surface area contributed by atoms with E-state index in [0.29, 0.717) is 13.1 Å². The van der Waals surface area contributed by atoms with Crippen LogP contribution in [-0.2, 0) is 13.1 Å². The summed E-state index contributed by atoms with van der Waals surface area (Å²) in [4.78, 5) is 6.56. The molecule has 1 heterocycles. The van der Waals surface area contributed by atoms with E-state index in [-0.39, 0.29) is 29.8 Å². The molecule has 0 atom stereocenters. The van der Waals surface area contributed by atoms with E-state index in [9.17, 15) is 4.39 Å². The molecule has 0 saturated carbocycles. The van der Waals surface area contributed by atoms with Crippen LogP contribution in [0.2, 0.25) is 0 Å². The van der Waals surface area contributed by atoms with E-state index in [1.54, 1.807) is 18.3 Å². The van der Waals surface area contributed by atoms with Crippen molar-refractivity contribution >= 4 is 29.9 Å². The topological polar surface area (TPSA) is 56.3 Å². The number of benzene rings is 1. The van der Waals surface area contributed by atoms with Crippen molar-refractivity contribution in [2.24, 2.45) is 4.99 Å². The number of H-pyrrole nitrogens is 1. The smallest absolute Gasteiger partial charge is 0.194 e. The fourth-order valence-corrected chi connectivity index (χ4v) is 1.94. The zero-order valence-corrected chi connectivity index (χ0v) is 15.0. The van der Waals surface area contributed by atoms with E-state index in [1.807, 2.05) is 24.9 Å². The molecule has 120 valence electrons. The predicted octanol–water partition coefficient (Wildman–Crippen LogP) is 2.76. The van der Waals surface area contributed by atoms with E-state index in [1.165, 1.54) is 12.1 Å². The van der Waals surface area contributed by atoms with Gasteiger partial charge < -0.3 is 10.2 Å². The Labute approximate surface area is 147 Å². The lowest BCUT2D eigenvalue weighted by molar-refractivity contribution is 0.476.